The molecule has 0 aromatic carbocycles. The van der Waals surface area contributed by atoms with E-state index in [-0.39, 0.29) is 6.04 Å². The molecule has 1 aliphatic rings. The second-order valence-corrected chi connectivity index (χ2v) is 6.50. The van der Waals surface area contributed by atoms with Crippen LogP contribution in [0.1, 0.15) is 19.3 Å². The van der Waals surface area contributed by atoms with Crippen molar-refractivity contribution in [1.82, 2.24) is 13.9 Å². The normalized spacial score (nSPS) is 23.2. The van der Waals surface area contributed by atoms with Crippen LogP contribution in [0.3, 0.4) is 0 Å². The second-order valence-electron chi connectivity index (χ2n) is 4.69. The molecule has 1 unspecified atom stereocenters. The number of nitrogens with zero attached hydrogens (tertiary/aromatic N) is 2. The zero-order chi connectivity index (χ0) is 12.9. The minimum Gasteiger partial charge on any atom is -0.330 e. The maximum atomic E-state index is 12.0. The predicted molar refractivity (Wildman–Crippen MR) is 68.9 cm³/mol. The van der Waals surface area contributed by atoms with Crippen molar-refractivity contribution in [3.05, 3.63) is 0 Å². The fraction of sp³-hybridized carbons (Fsp3) is 1.00. The Bertz CT molecular complexity index is 320. The molecule has 0 bridgehead atoms. The predicted octanol–water partition coefficient (Wildman–Crippen LogP) is -0.804. The quantitative estimate of drug-likeness (QED) is 0.658. The van der Waals surface area contributed by atoms with Gasteiger partial charge in [-0.2, -0.15) is 17.4 Å². The van der Waals surface area contributed by atoms with Crippen LogP contribution in [0, 0.1) is 0 Å². The molecule has 1 aliphatic heterocycles. The highest BCUT2D eigenvalue weighted by Crippen LogP contribution is 2.09. The number of piperidine rings is 1. The van der Waals surface area contributed by atoms with Gasteiger partial charge in [0.2, 0.25) is 0 Å². The lowest BCUT2D eigenvalue weighted by Crippen LogP contribution is -2.50. The SMILES string of the molecule is CN1CCCC(NS(=O)(=O)N(C)CCCN)C1. The highest BCUT2D eigenvalue weighted by molar-refractivity contribution is 7.87. The first kappa shape index (κ1) is 14.8. The Hall–Kier alpha value is -0.210. The number of likely N-dealkylation sites (N-methyl/N-ethyl adjacent to an activating group) is 1. The number of nitrogens with one attached hydrogen (secondary N) is 1. The van der Waals surface area contributed by atoms with Gasteiger partial charge in [0.15, 0.2) is 0 Å². The van der Waals surface area contributed by atoms with E-state index in [4.69, 9.17) is 5.73 Å². The largest absolute Gasteiger partial charge is 0.330 e. The molecule has 102 valence electrons. The molecular formula is C10H24N4O2S. The molecule has 0 spiro atoms. The minimum absolute atomic E-state index is 0.0269. The summed E-state index contributed by atoms with van der Waals surface area (Å²) in [6.07, 6.45) is 2.63. The molecular weight excluding hydrogens is 240 g/mol. The summed E-state index contributed by atoms with van der Waals surface area (Å²) in [6, 6.07) is 0.0269. The minimum atomic E-state index is -3.35. The molecule has 0 aliphatic carbocycles. The van der Waals surface area contributed by atoms with Gasteiger partial charge in [-0.3, -0.25) is 0 Å². The number of likely N-dealkylation sites (tertiary alicyclic amines) is 1. The third kappa shape index (κ3) is 4.89. The van der Waals surface area contributed by atoms with Crippen molar-refractivity contribution in [2.75, 3.05) is 40.3 Å². The van der Waals surface area contributed by atoms with Crippen LogP contribution in [0.25, 0.3) is 0 Å². The molecule has 0 saturated carbocycles. The summed E-state index contributed by atoms with van der Waals surface area (Å²) in [5.41, 5.74) is 5.37. The van der Waals surface area contributed by atoms with Gasteiger partial charge in [-0.25, -0.2) is 0 Å². The lowest BCUT2D eigenvalue weighted by atomic mass is 10.1. The van der Waals surface area contributed by atoms with Gasteiger partial charge in [0.1, 0.15) is 0 Å². The molecule has 0 aromatic heterocycles. The lowest BCUT2D eigenvalue weighted by Gasteiger charge is -2.31. The molecule has 1 atom stereocenters. The monoisotopic (exact) mass is 264 g/mol. The Balaban J connectivity index is 2.47. The van der Waals surface area contributed by atoms with E-state index in [9.17, 15) is 8.42 Å². The van der Waals surface area contributed by atoms with E-state index in [1.807, 2.05) is 7.05 Å². The molecule has 0 aromatic rings. The first-order valence-electron chi connectivity index (χ1n) is 6.08. The topological polar surface area (TPSA) is 78.7 Å². The molecule has 3 N–H and O–H groups in total. The van der Waals surface area contributed by atoms with Crippen LogP contribution in [0.5, 0.6) is 0 Å². The first-order valence-corrected chi connectivity index (χ1v) is 7.52. The summed E-state index contributed by atoms with van der Waals surface area (Å²) in [7, 11) is 0.246. The van der Waals surface area contributed by atoms with Crippen LogP contribution >= 0.6 is 0 Å². The Labute approximate surface area is 104 Å². The fourth-order valence-corrected chi connectivity index (χ4v) is 3.16. The fourth-order valence-electron chi connectivity index (χ4n) is 2.00. The van der Waals surface area contributed by atoms with Crippen LogP contribution in [0.4, 0.5) is 0 Å². The van der Waals surface area contributed by atoms with Crippen molar-refractivity contribution in [3.8, 4) is 0 Å². The Kier molecular flexibility index (Phi) is 5.81. The Morgan fingerprint density at radius 1 is 1.53 bits per heavy atom. The molecule has 0 amide bonds. The summed E-state index contributed by atoms with van der Waals surface area (Å²) < 4.78 is 28.0. The van der Waals surface area contributed by atoms with Crippen molar-refractivity contribution in [2.24, 2.45) is 5.73 Å². The highest BCUT2D eigenvalue weighted by Gasteiger charge is 2.24. The van der Waals surface area contributed by atoms with Gasteiger partial charge < -0.3 is 10.6 Å². The molecule has 1 saturated heterocycles. The molecule has 6 nitrogen and oxygen atoms in total. The zero-order valence-electron chi connectivity index (χ0n) is 10.7. The average Bonchev–Trinajstić information content (AvgIpc) is 2.25. The average molecular weight is 264 g/mol. The van der Waals surface area contributed by atoms with Gasteiger partial charge in [0.25, 0.3) is 10.2 Å². The molecule has 1 heterocycles. The van der Waals surface area contributed by atoms with E-state index in [1.54, 1.807) is 7.05 Å². The molecule has 1 rings (SSSR count). The van der Waals surface area contributed by atoms with E-state index in [0.29, 0.717) is 19.5 Å². The van der Waals surface area contributed by atoms with Gasteiger partial charge in [-0.1, -0.05) is 0 Å². The second kappa shape index (κ2) is 6.65. The molecule has 17 heavy (non-hydrogen) atoms. The maximum absolute atomic E-state index is 12.0. The van der Waals surface area contributed by atoms with E-state index in [1.165, 1.54) is 4.31 Å². The van der Waals surface area contributed by atoms with E-state index < -0.39 is 10.2 Å². The third-order valence-electron chi connectivity index (χ3n) is 3.03. The van der Waals surface area contributed by atoms with E-state index in [2.05, 4.69) is 9.62 Å². The summed E-state index contributed by atoms with van der Waals surface area (Å²) in [5, 5.41) is 0. The molecule has 1 fully saturated rings. The summed E-state index contributed by atoms with van der Waals surface area (Å²) in [6.45, 7) is 2.80. The van der Waals surface area contributed by atoms with E-state index >= 15 is 0 Å². The van der Waals surface area contributed by atoms with Crippen LogP contribution in [0.2, 0.25) is 0 Å². The Morgan fingerprint density at radius 2 is 2.24 bits per heavy atom. The van der Waals surface area contributed by atoms with Crippen LogP contribution < -0.4 is 10.5 Å². The number of rotatable bonds is 6. The number of hydrogen-bond acceptors (Lipinski definition) is 4. The van der Waals surface area contributed by atoms with Gasteiger partial charge in [-0.05, 0) is 39.4 Å². The lowest BCUT2D eigenvalue weighted by molar-refractivity contribution is 0.240. The van der Waals surface area contributed by atoms with Crippen LogP contribution in [-0.2, 0) is 10.2 Å². The molecule has 0 radical (unpaired) electrons. The summed E-state index contributed by atoms with van der Waals surface area (Å²) in [5.74, 6) is 0. The van der Waals surface area contributed by atoms with Crippen molar-refractivity contribution in [3.63, 3.8) is 0 Å². The van der Waals surface area contributed by atoms with Crippen LogP contribution in [-0.4, -0.2) is 63.9 Å². The number of hydrogen-bond donors (Lipinski definition) is 2. The maximum Gasteiger partial charge on any atom is 0.279 e. The Morgan fingerprint density at radius 3 is 2.82 bits per heavy atom. The van der Waals surface area contributed by atoms with Crippen molar-refractivity contribution >= 4 is 10.2 Å². The van der Waals surface area contributed by atoms with Crippen molar-refractivity contribution < 1.29 is 8.42 Å². The van der Waals surface area contributed by atoms with Gasteiger partial charge in [0.05, 0.1) is 0 Å². The summed E-state index contributed by atoms with van der Waals surface area (Å²) in [4.78, 5) is 2.15. The number of nitrogens with two attached hydrogens (primary N) is 1. The van der Waals surface area contributed by atoms with Crippen molar-refractivity contribution in [2.45, 2.75) is 25.3 Å². The van der Waals surface area contributed by atoms with E-state index in [0.717, 1.165) is 25.9 Å². The van der Waals surface area contributed by atoms with Crippen LogP contribution in [0.15, 0.2) is 0 Å². The molecule has 7 heteroatoms. The highest BCUT2D eigenvalue weighted by atomic mass is 32.2. The van der Waals surface area contributed by atoms with Crippen molar-refractivity contribution in [1.29, 1.82) is 0 Å². The van der Waals surface area contributed by atoms with Gasteiger partial charge in [0, 0.05) is 26.2 Å². The van der Waals surface area contributed by atoms with Gasteiger partial charge in [-0.15, -0.1) is 0 Å². The summed E-state index contributed by atoms with van der Waals surface area (Å²) >= 11 is 0. The third-order valence-corrected chi connectivity index (χ3v) is 4.66. The first-order chi connectivity index (χ1) is 7.95. The smallest absolute Gasteiger partial charge is 0.279 e. The van der Waals surface area contributed by atoms with Gasteiger partial charge >= 0.3 is 0 Å². The zero-order valence-corrected chi connectivity index (χ0v) is 11.5. The standard InChI is InChI=1S/C10H24N4O2S/c1-13-7-3-5-10(9-13)12-17(15,16)14(2)8-4-6-11/h10,12H,3-9,11H2,1-2H3.